The van der Waals surface area contributed by atoms with Crippen LogP contribution in [0, 0.1) is 0 Å². The van der Waals surface area contributed by atoms with Crippen LogP contribution in [0.15, 0.2) is 66.9 Å². The largest absolute Gasteiger partial charge is 0.418 e. The number of benzene rings is 2. The van der Waals surface area contributed by atoms with E-state index in [-0.39, 0.29) is 5.56 Å². The maximum Gasteiger partial charge on any atom is 0.418 e. The lowest BCUT2D eigenvalue weighted by Crippen LogP contribution is -2.20. The first-order valence-corrected chi connectivity index (χ1v) is 6.68. The topological polar surface area (TPSA) is 3.24 Å². The van der Waals surface area contributed by atoms with Crippen molar-refractivity contribution in [1.29, 1.82) is 0 Å². The highest BCUT2D eigenvalue weighted by Gasteiger charge is 2.35. The first-order chi connectivity index (χ1) is 10.0. The molecule has 0 saturated heterocycles. The Kier molecular flexibility index (Phi) is 4.68. The second-order valence-electron chi connectivity index (χ2n) is 4.53. The zero-order valence-corrected chi connectivity index (χ0v) is 11.6. The third kappa shape index (κ3) is 3.88. The predicted octanol–water partition coefficient (Wildman–Crippen LogP) is 5.12. The minimum absolute atomic E-state index is 0.166. The van der Waals surface area contributed by atoms with E-state index in [4.69, 9.17) is 0 Å². The Morgan fingerprint density at radius 1 is 0.952 bits per heavy atom. The van der Waals surface area contributed by atoms with E-state index >= 15 is 0 Å². The van der Waals surface area contributed by atoms with Gasteiger partial charge in [0, 0.05) is 18.4 Å². The van der Waals surface area contributed by atoms with Crippen LogP contribution in [-0.2, 0) is 0 Å². The van der Waals surface area contributed by atoms with Crippen molar-refractivity contribution in [2.45, 2.75) is 13.1 Å². The molecule has 0 aliphatic carbocycles. The van der Waals surface area contributed by atoms with Gasteiger partial charge in [-0.3, -0.25) is 0 Å². The van der Waals surface area contributed by atoms with Crippen LogP contribution >= 0.6 is 0 Å². The summed E-state index contributed by atoms with van der Waals surface area (Å²) in [7, 11) is 0. The Hall–Kier alpha value is -2.23. The molecule has 0 saturated carbocycles. The van der Waals surface area contributed by atoms with Crippen molar-refractivity contribution in [3.05, 3.63) is 72.4 Å². The molecule has 110 valence electrons. The molecule has 21 heavy (non-hydrogen) atoms. The van der Waals surface area contributed by atoms with E-state index in [1.54, 1.807) is 35.2 Å². The van der Waals surface area contributed by atoms with Crippen LogP contribution in [0.4, 0.5) is 18.9 Å². The lowest BCUT2D eigenvalue weighted by Gasteiger charge is -2.22. The first-order valence-electron chi connectivity index (χ1n) is 6.68. The first kappa shape index (κ1) is 15.2. The fourth-order valence-electron chi connectivity index (χ4n) is 2.05. The van der Waals surface area contributed by atoms with Gasteiger partial charge in [-0.25, -0.2) is 0 Å². The normalized spacial score (nSPS) is 12.3. The molecular formula is C17H16F3N. The van der Waals surface area contributed by atoms with Crippen LogP contribution in [-0.4, -0.2) is 12.7 Å². The van der Waals surface area contributed by atoms with Gasteiger partial charge in [0.15, 0.2) is 0 Å². The molecule has 2 aromatic rings. The van der Waals surface area contributed by atoms with Crippen molar-refractivity contribution in [1.82, 2.24) is 0 Å². The molecule has 0 atom stereocenters. The van der Waals surface area contributed by atoms with Gasteiger partial charge in [-0.1, -0.05) is 48.5 Å². The minimum atomic E-state index is -4.40. The number of hydrogen-bond donors (Lipinski definition) is 0. The van der Waals surface area contributed by atoms with Gasteiger partial charge in [0.05, 0.1) is 5.57 Å². The standard InChI is InChI=1S/C17H16F3N/c1-2-21(15-11-7-4-8-12-15)13-16(17(18,19)20)14-9-5-3-6-10-14/h3-13H,2H2,1H3/b16-13-. The van der Waals surface area contributed by atoms with E-state index in [0.29, 0.717) is 6.54 Å². The summed E-state index contributed by atoms with van der Waals surface area (Å²) in [5.74, 6) is 0. The molecule has 0 N–H and O–H groups in total. The van der Waals surface area contributed by atoms with E-state index < -0.39 is 11.7 Å². The number of anilines is 1. The fourth-order valence-corrected chi connectivity index (χ4v) is 2.05. The Morgan fingerprint density at radius 3 is 1.95 bits per heavy atom. The monoisotopic (exact) mass is 291 g/mol. The second kappa shape index (κ2) is 6.48. The fraction of sp³-hybridized carbons (Fsp3) is 0.176. The average molecular weight is 291 g/mol. The predicted molar refractivity (Wildman–Crippen MR) is 79.9 cm³/mol. The van der Waals surface area contributed by atoms with Crippen molar-refractivity contribution >= 4 is 11.3 Å². The Morgan fingerprint density at radius 2 is 1.48 bits per heavy atom. The van der Waals surface area contributed by atoms with Gasteiger partial charge < -0.3 is 4.90 Å². The van der Waals surface area contributed by atoms with E-state index in [2.05, 4.69) is 0 Å². The third-order valence-corrected chi connectivity index (χ3v) is 3.10. The highest BCUT2D eigenvalue weighted by atomic mass is 19.4. The lowest BCUT2D eigenvalue weighted by atomic mass is 10.1. The molecule has 0 radical (unpaired) electrons. The van der Waals surface area contributed by atoms with Gasteiger partial charge in [-0.05, 0) is 24.6 Å². The number of nitrogens with zero attached hydrogens (tertiary/aromatic N) is 1. The summed E-state index contributed by atoms with van der Waals surface area (Å²) in [6, 6.07) is 16.9. The van der Waals surface area contributed by atoms with Crippen molar-refractivity contribution in [2.75, 3.05) is 11.4 Å². The smallest absolute Gasteiger partial charge is 0.348 e. The molecule has 2 rings (SSSR count). The molecule has 0 spiro atoms. The number of halogens is 3. The van der Waals surface area contributed by atoms with E-state index in [0.717, 1.165) is 5.69 Å². The van der Waals surface area contributed by atoms with Crippen LogP contribution in [0.25, 0.3) is 5.57 Å². The maximum absolute atomic E-state index is 13.3. The summed E-state index contributed by atoms with van der Waals surface area (Å²) in [6.45, 7) is 2.28. The number of para-hydroxylation sites is 1. The number of alkyl halides is 3. The summed E-state index contributed by atoms with van der Waals surface area (Å²) in [5.41, 5.74) is 0.255. The van der Waals surface area contributed by atoms with Gasteiger partial charge in [-0.15, -0.1) is 0 Å². The molecular weight excluding hydrogens is 275 g/mol. The zero-order valence-electron chi connectivity index (χ0n) is 11.6. The maximum atomic E-state index is 13.3. The summed E-state index contributed by atoms with van der Waals surface area (Å²) in [4.78, 5) is 1.59. The summed E-state index contributed by atoms with van der Waals surface area (Å²) >= 11 is 0. The lowest BCUT2D eigenvalue weighted by molar-refractivity contribution is -0.0690. The average Bonchev–Trinajstić information content (AvgIpc) is 2.49. The number of hydrogen-bond acceptors (Lipinski definition) is 1. The molecule has 0 aliphatic heterocycles. The van der Waals surface area contributed by atoms with Crippen LogP contribution in [0.2, 0.25) is 0 Å². The molecule has 0 bridgehead atoms. The molecule has 0 fully saturated rings. The number of rotatable bonds is 4. The summed E-state index contributed by atoms with van der Waals surface area (Å²) in [6.07, 6.45) is -3.23. The van der Waals surface area contributed by atoms with E-state index in [1.807, 2.05) is 25.1 Å². The van der Waals surface area contributed by atoms with Gasteiger partial charge >= 0.3 is 6.18 Å². The summed E-state index contributed by atoms with van der Waals surface area (Å²) in [5, 5.41) is 0. The quantitative estimate of drug-likeness (QED) is 0.756. The molecule has 1 nitrogen and oxygen atoms in total. The Labute approximate surface area is 122 Å². The molecule has 2 aromatic carbocycles. The van der Waals surface area contributed by atoms with Crippen molar-refractivity contribution < 1.29 is 13.2 Å². The van der Waals surface area contributed by atoms with Gasteiger partial charge in [0.25, 0.3) is 0 Å². The van der Waals surface area contributed by atoms with Gasteiger partial charge in [-0.2, -0.15) is 13.2 Å². The van der Waals surface area contributed by atoms with E-state index in [1.165, 1.54) is 18.3 Å². The number of allylic oxidation sites excluding steroid dienone is 1. The van der Waals surface area contributed by atoms with E-state index in [9.17, 15) is 13.2 Å². The van der Waals surface area contributed by atoms with Crippen LogP contribution in [0.5, 0.6) is 0 Å². The highest BCUT2D eigenvalue weighted by molar-refractivity contribution is 5.72. The molecule has 0 amide bonds. The molecule has 0 aromatic heterocycles. The third-order valence-electron chi connectivity index (χ3n) is 3.10. The van der Waals surface area contributed by atoms with Crippen molar-refractivity contribution in [3.63, 3.8) is 0 Å². The molecule has 0 heterocycles. The Bertz CT molecular complexity index is 588. The Balaban J connectivity index is 2.45. The van der Waals surface area contributed by atoms with Crippen molar-refractivity contribution in [3.8, 4) is 0 Å². The van der Waals surface area contributed by atoms with Crippen LogP contribution in [0.1, 0.15) is 12.5 Å². The van der Waals surface area contributed by atoms with Gasteiger partial charge in [0.1, 0.15) is 0 Å². The zero-order chi connectivity index (χ0) is 15.3. The molecule has 0 aliphatic rings. The minimum Gasteiger partial charge on any atom is -0.348 e. The van der Waals surface area contributed by atoms with Crippen LogP contribution < -0.4 is 4.90 Å². The van der Waals surface area contributed by atoms with Crippen molar-refractivity contribution in [2.24, 2.45) is 0 Å². The molecule has 4 heteroatoms. The second-order valence-corrected chi connectivity index (χ2v) is 4.53. The molecule has 0 unspecified atom stereocenters. The summed E-state index contributed by atoms with van der Waals surface area (Å²) < 4.78 is 40.0. The van der Waals surface area contributed by atoms with Gasteiger partial charge in [0.2, 0.25) is 0 Å². The highest BCUT2D eigenvalue weighted by Crippen LogP contribution is 2.34. The SMILES string of the molecule is CCN(/C=C(/c1ccccc1)C(F)(F)F)c1ccccc1. The van der Waals surface area contributed by atoms with Crippen LogP contribution in [0.3, 0.4) is 0 Å².